The van der Waals surface area contributed by atoms with Crippen LogP contribution < -0.4 is 9.80 Å². The lowest BCUT2D eigenvalue weighted by Gasteiger charge is -2.41. The van der Waals surface area contributed by atoms with Crippen molar-refractivity contribution in [3.63, 3.8) is 0 Å². The summed E-state index contributed by atoms with van der Waals surface area (Å²) in [4.78, 5) is 16.1. The van der Waals surface area contributed by atoms with E-state index >= 15 is 0 Å². The number of nitrogens with zero attached hydrogens (tertiary/aromatic N) is 5. The molecule has 3 aliphatic rings. The molecule has 1 aliphatic carbocycles. The Balaban J connectivity index is 1.33. The van der Waals surface area contributed by atoms with Crippen LogP contribution in [0.4, 0.5) is 11.6 Å². The van der Waals surface area contributed by atoms with Crippen LogP contribution in [0, 0.1) is 0 Å². The minimum Gasteiger partial charge on any atom is -0.389 e. The highest BCUT2D eigenvalue weighted by Gasteiger charge is 2.32. The van der Waals surface area contributed by atoms with Crippen LogP contribution in [0.2, 0.25) is 0 Å². The lowest BCUT2D eigenvalue weighted by Crippen LogP contribution is -2.52. The van der Waals surface area contributed by atoms with Crippen LogP contribution >= 0.6 is 0 Å². The highest BCUT2D eigenvalue weighted by Crippen LogP contribution is 2.29. The Morgan fingerprint density at radius 2 is 1.40 bits per heavy atom. The summed E-state index contributed by atoms with van der Waals surface area (Å²) in [6.45, 7) is 7.03. The van der Waals surface area contributed by atoms with Gasteiger partial charge in [-0.1, -0.05) is 19.3 Å². The zero-order valence-corrected chi connectivity index (χ0v) is 15.2. The van der Waals surface area contributed by atoms with Gasteiger partial charge < -0.3 is 14.9 Å². The SMILES string of the molecule is OC1(CN2CCN(c3cc(N4CCCC4)ncn3)CC2)CCCCC1. The Bertz CT molecular complexity index is 561. The summed E-state index contributed by atoms with van der Waals surface area (Å²) in [5.41, 5.74) is -0.446. The average molecular weight is 345 g/mol. The van der Waals surface area contributed by atoms with Crippen molar-refractivity contribution in [2.75, 3.05) is 55.6 Å². The van der Waals surface area contributed by atoms with Crippen molar-refractivity contribution >= 4 is 11.6 Å². The van der Waals surface area contributed by atoms with E-state index in [4.69, 9.17) is 0 Å². The third-order valence-electron chi connectivity index (χ3n) is 6.07. The zero-order chi connectivity index (χ0) is 17.1. The molecule has 2 saturated heterocycles. The first kappa shape index (κ1) is 17.0. The van der Waals surface area contributed by atoms with Crippen LogP contribution in [0.25, 0.3) is 0 Å². The van der Waals surface area contributed by atoms with Gasteiger partial charge in [0.2, 0.25) is 0 Å². The van der Waals surface area contributed by atoms with Crippen molar-refractivity contribution in [3.05, 3.63) is 12.4 Å². The third-order valence-corrected chi connectivity index (χ3v) is 6.07. The molecule has 0 atom stereocenters. The molecule has 0 amide bonds. The summed E-state index contributed by atoms with van der Waals surface area (Å²) >= 11 is 0. The summed E-state index contributed by atoms with van der Waals surface area (Å²) in [5, 5.41) is 10.8. The third kappa shape index (κ3) is 4.06. The molecule has 0 bridgehead atoms. The van der Waals surface area contributed by atoms with Gasteiger partial charge in [0.1, 0.15) is 18.0 Å². The fourth-order valence-electron chi connectivity index (χ4n) is 4.55. The number of piperazine rings is 1. The van der Waals surface area contributed by atoms with E-state index in [0.717, 1.165) is 70.3 Å². The summed E-state index contributed by atoms with van der Waals surface area (Å²) in [6, 6.07) is 2.15. The minimum absolute atomic E-state index is 0.446. The summed E-state index contributed by atoms with van der Waals surface area (Å²) in [5.74, 6) is 2.12. The molecule has 25 heavy (non-hydrogen) atoms. The molecule has 1 saturated carbocycles. The van der Waals surface area contributed by atoms with Crippen molar-refractivity contribution in [3.8, 4) is 0 Å². The van der Waals surface area contributed by atoms with Crippen molar-refractivity contribution in [1.29, 1.82) is 0 Å². The molecule has 1 N–H and O–H groups in total. The second-order valence-electron chi connectivity index (χ2n) is 7.98. The molecular weight excluding hydrogens is 314 g/mol. The molecule has 0 spiro atoms. The topological polar surface area (TPSA) is 55.7 Å². The monoisotopic (exact) mass is 345 g/mol. The maximum absolute atomic E-state index is 10.8. The Hall–Kier alpha value is -1.40. The molecule has 2 aliphatic heterocycles. The van der Waals surface area contributed by atoms with Crippen molar-refractivity contribution in [2.24, 2.45) is 0 Å². The summed E-state index contributed by atoms with van der Waals surface area (Å²) < 4.78 is 0. The normalized spacial score (nSPS) is 24.7. The van der Waals surface area contributed by atoms with E-state index in [-0.39, 0.29) is 0 Å². The largest absolute Gasteiger partial charge is 0.389 e. The predicted octanol–water partition coefficient (Wildman–Crippen LogP) is 1.89. The van der Waals surface area contributed by atoms with Gasteiger partial charge in [0.25, 0.3) is 0 Å². The Morgan fingerprint density at radius 1 is 0.800 bits per heavy atom. The molecule has 1 aromatic rings. The molecule has 0 unspecified atom stereocenters. The fourth-order valence-corrected chi connectivity index (χ4v) is 4.55. The molecule has 3 fully saturated rings. The van der Waals surface area contributed by atoms with Gasteiger partial charge in [-0.15, -0.1) is 0 Å². The summed E-state index contributed by atoms with van der Waals surface area (Å²) in [7, 11) is 0. The van der Waals surface area contributed by atoms with Gasteiger partial charge in [-0.3, -0.25) is 4.90 Å². The van der Waals surface area contributed by atoms with Crippen LogP contribution in [-0.4, -0.2) is 71.4 Å². The van der Waals surface area contributed by atoms with E-state index in [0.29, 0.717) is 0 Å². The van der Waals surface area contributed by atoms with Crippen LogP contribution in [0.1, 0.15) is 44.9 Å². The van der Waals surface area contributed by atoms with Crippen molar-refractivity contribution in [2.45, 2.75) is 50.5 Å². The first-order valence-electron chi connectivity index (χ1n) is 9.99. The van der Waals surface area contributed by atoms with E-state index in [1.165, 1.54) is 32.1 Å². The van der Waals surface area contributed by atoms with E-state index in [9.17, 15) is 5.11 Å². The second kappa shape index (κ2) is 7.46. The van der Waals surface area contributed by atoms with Gasteiger partial charge in [-0.25, -0.2) is 9.97 Å². The van der Waals surface area contributed by atoms with Gasteiger partial charge in [-0.05, 0) is 25.7 Å². The predicted molar refractivity (Wildman–Crippen MR) is 100 cm³/mol. The fraction of sp³-hybridized carbons (Fsp3) is 0.789. The van der Waals surface area contributed by atoms with Crippen LogP contribution in [0.5, 0.6) is 0 Å². The molecule has 4 rings (SSSR count). The van der Waals surface area contributed by atoms with Gasteiger partial charge in [-0.2, -0.15) is 0 Å². The van der Waals surface area contributed by atoms with Crippen LogP contribution in [0.15, 0.2) is 12.4 Å². The quantitative estimate of drug-likeness (QED) is 0.899. The molecule has 0 aromatic carbocycles. The average Bonchev–Trinajstić information content (AvgIpc) is 3.18. The van der Waals surface area contributed by atoms with Crippen molar-refractivity contribution < 1.29 is 5.11 Å². The smallest absolute Gasteiger partial charge is 0.134 e. The standard InChI is InChI=1S/C19H31N5O/c25-19(6-2-1-3-7-19)15-22-10-12-24(13-11-22)18-14-17(20-16-21-18)23-8-4-5-9-23/h14,16,25H,1-13,15H2. The molecular formula is C19H31N5O. The zero-order valence-electron chi connectivity index (χ0n) is 15.2. The molecule has 6 heteroatoms. The maximum atomic E-state index is 10.8. The Kier molecular flexibility index (Phi) is 5.08. The van der Waals surface area contributed by atoms with Gasteiger partial charge in [0.05, 0.1) is 5.60 Å². The van der Waals surface area contributed by atoms with Crippen LogP contribution in [-0.2, 0) is 0 Å². The Morgan fingerprint density at radius 3 is 2.04 bits per heavy atom. The first-order chi connectivity index (χ1) is 12.2. The number of rotatable bonds is 4. The molecule has 1 aromatic heterocycles. The minimum atomic E-state index is -0.446. The molecule has 3 heterocycles. The molecule has 138 valence electrons. The highest BCUT2D eigenvalue weighted by molar-refractivity contribution is 5.50. The molecule has 6 nitrogen and oxygen atoms in total. The maximum Gasteiger partial charge on any atom is 0.134 e. The Labute approximate surface area is 150 Å². The number of hydrogen-bond acceptors (Lipinski definition) is 6. The van der Waals surface area contributed by atoms with E-state index in [1.54, 1.807) is 6.33 Å². The first-order valence-corrected chi connectivity index (χ1v) is 9.99. The lowest BCUT2D eigenvalue weighted by atomic mass is 9.84. The highest BCUT2D eigenvalue weighted by atomic mass is 16.3. The lowest BCUT2D eigenvalue weighted by molar-refractivity contribution is -0.0271. The second-order valence-corrected chi connectivity index (χ2v) is 7.98. The van der Waals surface area contributed by atoms with E-state index < -0.39 is 5.60 Å². The van der Waals surface area contributed by atoms with Gasteiger partial charge in [0.15, 0.2) is 0 Å². The van der Waals surface area contributed by atoms with E-state index in [1.807, 2.05) is 0 Å². The number of β-amino-alcohol motifs (C(OH)–C–C–N with tert-alkyl or cyclic N) is 1. The molecule has 0 radical (unpaired) electrons. The van der Waals surface area contributed by atoms with Crippen LogP contribution in [0.3, 0.4) is 0 Å². The number of aliphatic hydroxyl groups is 1. The number of hydrogen-bond donors (Lipinski definition) is 1. The van der Waals surface area contributed by atoms with Gasteiger partial charge in [0, 0.05) is 51.9 Å². The number of aromatic nitrogens is 2. The van der Waals surface area contributed by atoms with Gasteiger partial charge >= 0.3 is 0 Å². The summed E-state index contributed by atoms with van der Waals surface area (Å²) in [6.07, 6.45) is 9.81. The van der Waals surface area contributed by atoms with Crippen molar-refractivity contribution in [1.82, 2.24) is 14.9 Å². The number of anilines is 2. The van der Waals surface area contributed by atoms with E-state index in [2.05, 4.69) is 30.7 Å².